The quantitative estimate of drug-likeness (QED) is 0.836. The highest BCUT2D eigenvalue weighted by Crippen LogP contribution is 2.10. The lowest BCUT2D eigenvalue weighted by atomic mass is 10.2. The predicted molar refractivity (Wildman–Crippen MR) is 76.1 cm³/mol. The standard InChI is InChI=1S/C16H15NO3/c18-11-1-3-13-5-7-14(8-6-13)17-16(19)10-9-15-4-2-12-20-15/h2,4-8,12,18H,9-11H2,(H,17,19). The SMILES string of the molecule is O=C(CCc1ccco1)Nc1ccc(C#CCO)cc1. The van der Waals surface area contributed by atoms with E-state index < -0.39 is 0 Å². The molecule has 0 saturated heterocycles. The van der Waals surface area contributed by atoms with Gasteiger partial charge in [0, 0.05) is 24.1 Å². The van der Waals surface area contributed by atoms with Crippen LogP contribution in [0.3, 0.4) is 0 Å². The van der Waals surface area contributed by atoms with Gasteiger partial charge in [-0.25, -0.2) is 0 Å². The Morgan fingerprint density at radius 1 is 1.25 bits per heavy atom. The van der Waals surface area contributed by atoms with Crippen molar-refractivity contribution < 1.29 is 14.3 Å². The molecule has 0 saturated carbocycles. The summed E-state index contributed by atoms with van der Waals surface area (Å²) in [7, 11) is 0. The van der Waals surface area contributed by atoms with Crippen molar-refractivity contribution in [3.63, 3.8) is 0 Å². The molecule has 0 aliphatic rings. The summed E-state index contributed by atoms with van der Waals surface area (Å²) in [6.45, 7) is -0.161. The Hall–Kier alpha value is -2.51. The molecule has 2 N–H and O–H groups in total. The lowest BCUT2D eigenvalue weighted by Crippen LogP contribution is -2.12. The molecule has 4 heteroatoms. The van der Waals surface area contributed by atoms with Gasteiger partial charge in [-0.1, -0.05) is 11.8 Å². The highest BCUT2D eigenvalue weighted by molar-refractivity contribution is 5.90. The van der Waals surface area contributed by atoms with Gasteiger partial charge >= 0.3 is 0 Å². The Balaban J connectivity index is 1.84. The molecule has 0 radical (unpaired) electrons. The number of hydrogen-bond donors (Lipinski definition) is 2. The lowest BCUT2D eigenvalue weighted by molar-refractivity contribution is -0.116. The van der Waals surface area contributed by atoms with Gasteiger partial charge in [-0.15, -0.1) is 0 Å². The molecule has 0 fully saturated rings. The Bertz CT molecular complexity index is 603. The van der Waals surface area contributed by atoms with E-state index in [0.717, 1.165) is 17.0 Å². The maximum atomic E-state index is 11.8. The number of anilines is 1. The first kappa shape index (κ1) is 13.9. The fraction of sp³-hybridized carbons (Fsp3) is 0.188. The van der Waals surface area contributed by atoms with Crippen LogP contribution < -0.4 is 5.32 Å². The molecule has 0 bridgehead atoms. The number of hydrogen-bond acceptors (Lipinski definition) is 3. The minimum absolute atomic E-state index is 0.0596. The molecule has 4 nitrogen and oxygen atoms in total. The third-order valence-electron chi connectivity index (χ3n) is 2.66. The van der Waals surface area contributed by atoms with Crippen LogP contribution in [0.5, 0.6) is 0 Å². The topological polar surface area (TPSA) is 62.5 Å². The third-order valence-corrected chi connectivity index (χ3v) is 2.66. The fourth-order valence-electron chi connectivity index (χ4n) is 1.69. The number of amides is 1. The number of furan rings is 1. The van der Waals surface area contributed by atoms with Gasteiger partial charge in [-0.3, -0.25) is 4.79 Å². The monoisotopic (exact) mass is 269 g/mol. The molecule has 0 aliphatic carbocycles. The first-order valence-electron chi connectivity index (χ1n) is 6.30. The Kier molecular flexibility index (Phi) is 4.99. The van der Waals surface area contributed by atoms with Crippen LogP contribution in [-0.2, 0) is 11.2 Å². The number of rotatable bonds is 4. The second-order valence-electron chi connectivity index (χ2n) is 4.16. The van der Waals surface area contributed by atoms with Gasteiger partial charge in [-0.2, -0.15) is 0 Å². The summed E-state index contributed by atoms with van der Waals surface area (Å²) < 4.78 is 5.17. The molecule has 0 unspecified atom stereocenters. The van der Waals surface area contributed by atoms with Crippen molar-refractivity contribution in [1.29, 1.82) is 0 Å². The van der Waals surface area contributed by atoms with Crippen molar-refractivity contribution in [3.05, 3.63) is 54.0 Å². The van der Waals surface area contributed by atoms with E-state index in [-0.39, 0.29) is 12.5 Å². The first-order chi connectivity index (χ1) is 9.78. The van der Waals surface area contributed by atoms with E-state index in [4.69, 9.17) is 9.52 Å². The molecule has 1 heterocycles. The predicted octanol–water partition coefficient (Wildman–Crippen LogP) is 2.19. The molecule has 1 aromatic heterocycles. The van der Waals surface area contributed by atoms with Crippen molar-refractivity contribution in [2.75, 3.05) is 11.9 Å². The summed E-state index contributed by atoms with van der Waals surface area (Å²) in [5.41, 5.74) is 1.52. The number of aliphatic hydroxyl groups excluding tert-OH is 1. The molecule has 102 valence electrons. The highest BCUT2D eigenvalue weighted by Gasteiger charge is 2.04. The van der Waals surface area contributed by atoms with Gasteiger partial charge in [0.25, 0.3) is 0 Å². The summed E-state index contributed by atoms with van der Waals surface area (Å²) in [5.74, 6) is 6.10. The Morgan fingerprint density at radius 3 is 2.70 bits per heavy atom. The van der Waals surface area contributed by atoms with E-state index in [0.29, 0.717) is 12.8 Å². The van der Waals surface area contributed by atoms with Crippen molar-refractivity contribution in [2.24, 2.45) is 0 Å². The summed E-state index contributed by atoms with van der Waals surface area (Å²) in [5, 5.41) is 11.4. The molecule has 1 aromatic carbocycles. The Labute approximate surface area is 117 Å². The van der Waals surface area contributed by atoms with E-state index in [2.05, 4.69) is 17.2 Å². The van der Waals surface area contributed by atoms with E-state index in [1.165, 1.54) is 0 Å². The minimum Gasteiger partial charge on any atom is -0.469 e. The van der Waals surface area contributed by atoms with Crippen LogP contribution in [0.15, 0.2) is 47.1 Å². The zero-order chi connectivity index (χ0) is 14.2. The lowest BCUT2D eigenvalue weighted by Gasteiger charge is -2.04. The summed E-state index contributed by atoms with van der Waals surface area (Å²) in [6.07, 6.45) is 2.55. The van der Waals surface area contributed by atoms with Gasteiger partial charge in [-0.05, 0) is 36.4 Å². The summed E-state index contributed by atoms with van der Waals surface area (Å²) in [6, 6.07) is 10.8. The maximum absolute atomic E-state index is 11.8. The number of nitrogens with one attached hydrogen (secondary N) is 1. The molecule has 2 rings (SSSR count). The van der Waals surface area contributed by atoms with Gasteiger partial charge in [0.05, 0.1) is 6.26 Å². The number of aryl methyl sites for hydroxylation is 1. The molecule has 1 amide bonds. The van der Waals surface area contributed by atoms with Gasteiger partial charge < -0.3 is 14.8 Å². The number of aliphatic hydroxyl groups is 1. The van der Waals surface area contributed by atoms with E-state index >= 15 is 0 Å². The van der Waals surface area contributed by atoms with Gasteiger partial charge in [0.15, 0.2) is 0 Å². The molecule has 20 heavy (non-hydrogen) atoms. The van der Waals surface area contributed by atoms with Crippen LogP contribution in [0.4, 0.5) is 5.69 Å². The van der Waals surface area contributed by atoms with Crippen LogP contribution in [0.25, 0.3) is 0 Å². The van der Waals surface area contributed by atoms with E-state index in [1.807, 2.05) is 6.07 Å². The summed E-state index contributed by atoms with van der Waals surface area (Å²) >= 11 is 0. The normalized spacial score (nSPS) is 9.65. The van der Waals surface area contributed by atoms with Crippen molar-refractivity contribution >= 4 is 11.6 Å². The van der Waals surface area contributed by atoms with E-state index in [9.17, 15) is 4.79 Å². The highest BCUT2D eigenvalue weighted by atomic mass is 16.3. The smallest absolute Gasteiger partial charge is 0.224 e. The first-order valence-corrected chi connectivity index (χ1v) is 6.30. The number of benzene rings is 1. The number of carbonyl (C=O) groups excluding carboxylic acids is 1. The van der Waals surface area contributed by atoms with Gasteiger partial charge in [0.2, 0.25) is 5.91 Å². The molecule has 2 aromatic rings. The van der Waals surface area contributed by atoms with Crippen LogP contribution in [0.2, 0.25) is 0 Å². The third kappa shape index (κ3) is 4.30. The largest absolute Gasteiger partial charge is 0.469 e. The molecule has 0 aliphatic heterocycles. The zero-order valence-electron chi connectivity index (χ0n) is 10.9. The average molecular weight is 269 g/mol. The second kappa shape index (κ2) is 7.17. The van der Waals surface area contributed by atoms with Crippen LogP contribution in [-0.4, -0.2) is 17.6 Å². The van der Waals surface area contributed by atoms with Crippen LogP contribution in [0, 0.1) is 11.8 Å². The van der Waals surface area contributed by atoms with Crippen molar-refractivity contribution in [2.45, 2.75) is 12.8 Å². The zero-order valence-corrected chi connectivity index (χ0v) is 10.9. The maximum Gasteiger partial charge on any atom is 0.224 e. The molecule has 0 atom stereocenters. The number of carbonyl (C=O) groups is 1. The molecule has 0 spiro atoms. The van der Waals surface area contributed by atoms with Gasteiger partial charge in [0.1, 0.15) is 12.4 Å². The Morgan fingerprint density at radius 2 is 2.05 bits per heavy atom. The minimum atomic E-state index is -0.161. The summed E-state index contributed by atoms with van der Waals surface area (Å²) in [4.78, 5) is 11.8. The fourth-order valence-corrected chi connectivity index (χ4v) is 1.69. The molecular formula is C16H15NO3. The van der Waals surface area contributed by atoms with Crippen molar-refractivity contribution in [3.8, 4) is 11.8 Å². The van der Waals surface area contributed by atoms with E-state index in [1.54, 1.807) is 36.6 Å². The molecular weight excluding hydrogens is 254 g/mol. The average Bonchev–Trinajstić information content (AvgIpc) is 2.98. The van der Waals surface area contributed by atoms with Crippen LogP contribution >= 0.6 is 0 Å². The second-order valence-corrected chi connectivity index (χ2v) is 4.16. The van der Waals surface area contributed by atoms with Crippen LogP contribution in [0.1, 0.15) is 17.7 Å². The van der Waals surface area contributed by atoms with Crippen molar-refractivity contribution in [1.82, 2.24) is 0 Å².